The quantitative estimate of drug-likeness (QED) is 0.594. The van der Waals surface area contributed by atoms with E-state index in [1.807, 2.05) is 12.1 Å². The molecular weight excluding hydrogens is 424 g/mol. The van der Waals surface area contributed by atoms with E-state index in [0.717, 1.165) is 11.3 Å². The van der Waals surface area contributed by atoms with Crippen molar-refractivity contribution in [1.29, 1.82) is 0 Å². The molecule has 0 unspecified atom stereocenters. The van der Waals surface area contributed by atoms with Gasteiger partial charge in [-0.1, -0.05) is 0 Å². The number of carbonyl (C=O) groups excluding carboxylic acids is 2. The molecule has 0 saturated carbocycles. The maximum Gasteiger partial charge on any atom is 0.326 e. The summed E-state index contributed by atoms with van der Waals surface area (Å²) in [6.45, 7) is 0.543. The fourth-order valence-electron chi connectivity index (χ4n) is 3.59. The van der Waals surface area contributed by atoms with Crippen molar-refractivity contribution < 1.29 is 23.8 Å². The molecule has 1 aromatic heterocycles. The number of hydrogen-bond donors (Lipinski definition) is 2. The van der Waals surface area contributed by atoms with E-state index in [9.17, 15) is 9.59 Å². The number of ether oxygens (including phenoxy) is 3. The predicted molar refractivity (Wildman–Crippen MR) is 124 cm³/mol. The third-order valence-electron chi connectivity index (χ3n) is 5.22. The van der Waals surface area contributed by atoms with Gasteiger partial charge in [-0.05, 0) is 36.2 Å². The van der Waals surface area contributed by atoms with Gasteiger partial charge in [0.2, 0.25) is 0 Å². The third kappa shape index (κ3) is 4.82. The predicted octanol–water partition coefficient (Wildman–Crippen LogP) is 3.85. The highest BCUT2D eigenvalue weighted by Crippen LogP contribution is 2.34. The molecule has 0 radical (unpaired) electrons. The van der Waals surface area contributed by atoms with Crippen molar-refractivity contribution in [1.82, 2.24) is 10.3 Å². The van der Waals surface area contributed by atoms with Gasteiger partial charge in [-0.2, -0.15) is 0 Å². The van der Waals surface area contributed by atoms with Crippen LogP contribution in [0, 0.1) is 0 Å². The Balaban J connectivity index is 1.48. The van der Waals surface area contributed by atoms with Crippen LogP contribution in [0.1, 0.15) is 16.1 Å². The molecule has 1 aliphatic heterocycles. The summed E-state index contributed by atoms with van der Waals surface area (Å²) in [4.78, 5) is 30.4. The van der Waals surface area contributed by atoms with Gasteiger partial charge in [0, 0.05) is 55.4 Å². The summed E-state index contributed by atoms with van der Waals surface area (Å²) in [6.07, 6.45) is 2.22. The first-order valence-corrected chi connectivity index (χ1v) is 10.3. The molecule has 2 N–H and O–H groups in total. The van der Waals surface area contributed by atoms with Crippen molar-refractivity contribution in [2.75, 3.05) is 38.0 Å². The van der Waals surface area contributed by atoms with E-state index >= 15 is 0 Å². The topological polar surface area (TPSA) is 102 Å². The molecule has 0 saturated heterocycles. The van der Waals surface area contributed by atoms with Gasteiger partial charge in [0.15, 0.2) is 0 Å². The number of nitrogens with zero attached hydrogens (tertiary/aromatic N) is 2. The fourth-order valence-corrected chi connectivity index (χ4v) is 3.59. The maximum absolute atomic E-state index is 12.9. The average molecular weight is 448 g/mol. The number of methoxy groups -OCH3 is 2. The van der Waals surface area contributed by atoms with Crippen LogP contribution in [0.3, 0.4) is 0 Å². The second kappa shape index (κ2) is 9.47. The van der Waals surface area contributed by atoms with Gasteiger partial charge in [-0.15, -0.1) is 0 Å². The number of aromatic nitrogens is 1. The number of amides is 3. The highest BCUT2D eigenvalue weighted by Gasteiger charge is 2.25. The van der Waals surface area contributed by atoms with Crippen LogP contribution in [0.5, 0.6) is 23.0 Å². The summed E-state index contributed by atoms with van der Waals surface area (Å²) < 4.78 is 16.4. The van der Waals surface area contributed by atoms with Crippen LogP contribution in [0.15, 0.2) is 54.7 Å². The first-order valence-electron chi connectivity index (χ1n) is 10.3. The molecule has 2 aromatic carbocycles. The lowest BCUT2D eigenvalue weighted by Crippen LogP contribution is -2.33. The monoisotopic (exact) mass is 448 g/mol. The van der Waals surface area contributed by atoms with Crippen LogP contribution in [0.25, 0.3) is 0 Å². The fraction of sp³-hybridized carbons (Fsp3) is 0.208. The SMILES string of the molecule is CNC(=O)c1cc(Oc2ccc3c(c2)CCN3C(=O)Nc2cc(OC)cc(OC)c2)ccn1. The molecule has 0 atom stereocenters. The molecule has 33 heavy (non-hydrogen) atoms. The smallest absolute Gasteiger partial charge is 0.326 e. The van der Waals surface area contributed by atoms with E-state index in [2.05, 4.69) is 15.6 Å². The maximum atomic E-state index is 12.9. The average Bonchev–Trinajstić information content (AvgIpc) is 3.26. The number of anilines is 2. The number of benzene rings is 2. The number of fused-ring (bicyclic) bond motifs is 1. The van der Waals surface area contributed by atoms with Crippen molar-refractivity contribution >= 4 is 23.3 Å². The molecule has 0 fully saturated rings. The highest BCUT2D eigenvalue weighted by atomic mass is 16.5. The Kier molecular flexibility index (Phi) is 6.30. The number of nitrogens with one attached hydrogen (secondary N) is 2. The van der Waals surface area contributed by atoms with E-state index < -0.39 is 0 Å². The molecule has 0 bridgehead atoms. The minimum atomic E-state index is -0.287. The molecule has 9 nitrogen and oxygen atoms in total. The van der Waals surface area contributed by atoms with E-state index in [1.165, 1.54) is 6.20 Å². The van der Waals surface area contributed by atoms with Gasteiger partial charge in [0.05, 0.1) is 14.2 Å². The first-order chi connectivity index (χ1) is 16.0. The summed E-state index contributed by atoms with van der Waals surface area (Å²) in [7, 11) is 4.66. The lowest BCUT2D eigenvalue weighted by atomic mass is 10.1. The molecule has 9 heteroatoms. The van der Waals surface area contributed by atoms with Crippen molar-refractivity contribution in [3.8, 4) is 23.0 Å². The van der Waals surface area contributed by atoms with Gasteiger partial charge in [-0.3, -0.25) is 14.7 Å². The molecule has 1 aliphatic rings. The summed E-state index contributed by atoms with van der Waals surface area (Å²) >= 11 is 0. The van der Waals surface area contributed by atoms with Crippen LogP contribution in [0.4, 0.5) is 16.2 Å². The Morgan fingerprint density at radius 2 is 1.67 bits per heavy atom. The minimum Gasteiger partial charge on any atom is -0.497 e. The zero-order valence-corrected chi connectivity index (χ0v) is 18.5. The van der Waals surface area contributed by atoms with Crippen LogP contribution in [-0.2, 0) is 6.42 Å². The molecule has 0 spiro atoms. The largest absolute Gasteiger partial charge is 0.497 e. The highest BCUT2D eigenvalue weighted by molar-refractivity contribution is 6.03. The number of hydrogen-bond acceptors (Lipinski definition) is 6. The van der Waals surface area contributed by atoms with Gasteiger partial charge in [0.1, 0.15) is 28.7 Å². The summed E-state index contributed by atoms with van der Waals surface area (Å²) in [5, 5.41) is 5.44. The van der Waals surface area contributed by atoms with E-state index in [4.69, 9.17) is 14.2 Å². The Labute approximate surface area is 191 Å². The number of urea groups is 1. The van der Waals surface area contributed by atoms with Gasteiger partial charge < -0.3 is 24.8 Å². The van der Waals surface area contributed by atoms with Crippen molar-refractivity contribution in [2.24, 2.45) is 0 Å². The molecule has 4 rings (SSSR count). The van der Waals surface area contributed by atoms with Crippen LogP contribution < -0.4 is 29.7 Å². The Bertz CT molecular complexity index is 1170. The van der Waals surface area contributed by atoms with E-state index in [-0.39, 0.29) is 17.6 Å². The molecule has 2 heterocycles. The van der Waals surface area contributed by atoms with Crippen LogP contribution in [-0.4, -0.2) is 44.7 Å². The second-order valence-corrected chi connectivity index (χ2v) is 7.28. The van der Waals surface area contributed by atoms with Crippen LogP contribution in [0.2, 0.25) is 0 Å². The zero-order valence-electron chi connectivity index (χ0n) is 18.5. The zero-order chi connectivity index (χ0) is 23.4. The van der Waals surface area contributed by atoms with Crippen molar-refractivity contribution in [2.45, 2.75) is 6.42 Å². The molecule has 170 valence electrons. The van der Waals surface area contributed by atoms with Gasteiger partial charge >= 0.3 is 6.03 Å². The van der Waals surface area contributed by atoms with Gasteiger partial charge in [-0.25, -0.2) is 4.79 Å². The summed E-state index contributed by atoms with van der Waals surface area (Å²) in [6, 6.07) is 13.8. The van der Waals surface area contributed by atoms with Crippen molar-refractivity contribution in [3.05, 3.63) is 66.0 Å². The standard InChI is InChI=1S/C24H24N4O5/c1-25-23(29)21-14-18(6-8-26-21)33-17-4-5-22-15(10-17)7-9-28(22)24(30)27-16-11-19(31-2)13-20(12-16)32-3/h4-6,8,10-14H,7,9H2,1-3H3,(H,25,29)(H,27,30). The third-order valence-corrected chi connectivity index (χ3v) is 5.22. The number of pyridine rings is 1. The first kappa shape index (κ1) is 21.9. The number of rotatable bonds is 6. The number of carbonyl (C=O) groups is 2. The summed E-state index contributed by atoms with van der Waals surface area (Å²) in [5.74, 6) is 2.00. The molecule has 0 aliphatic carbocycles. The molecule has 3 aromatic rings. The lowest BCUT2D eigenvalue weighted by molar-refractivity contribution is 0.0958. The minimum absolute atomic E-state index is 0.248. The van der Waals surface area contributed by atoms with E-state index in [1.54, 1.807) is 62.6 Å². The Morgan fingerprint density at radius 3 is 2.36 bits per heavy atom. The van der Waals surface area contributed by atoms with Gasteiger partial charge in [0.25, 0.3) is 5.91 Å². The molecular formula is C24H24N4O5. The van der Waals surface area contributed by atoms with Crippen LogP contribution >= 0.6 is 0 Å². The Hall–Kier alpha value is -4.27. The summed E-state index contributed by atoms with van der Waals surface area (Å²) in [5.41, 5.74) is 2.66. The normalized spacial score (nSPS) is 12.0. The lowest BCUT2D eigenvalue weighted by Gasteiger charge is -2.19. The van der Waals surface area contributed by atoms with E-state index in [0.29, 0.717) is 41.7 Å². The van der Waals surface area contributed by atoms with Crippen molar-refractivity contribution in [3.63, 3.8) is 0 Å². The second-order valence-electron chi connectivity index (χ2n) is 7.28. The molecule has 3 amide bonds. The Morgan fingerprint density at radius 1 is 0.939 bits per heavy atom.